The Balaban J connectivity index is 2.46. The molecule has 0 aromatic rings. The molecule has 1 aliphatic rings. The van der Waals surface area contributed by atoms with E-state index in [-0.39, 0.29) is 5.91 Å². The number of rotatable bonds is 2. The normalized spacial score (nSPS) is 29.3. The molecule has 0 aliphatic carbocycles. The summed E-state index contributed by atoms with van der Waals surface area (Å²) in [5.41, 5.74) is 0. The maximum atomic E-state index is 10.8. The Morgan fingerprint density at radius 1 is 1.50 bits per heavy atom. The second-order valence-electron chi connectivity index (χ2n) is 3.87. The number of amides is 1. The molecule has 2 atom stereocenters. The molecule has 1 amide bonds. The molecule has 70 valence electrons. The fourth-order valence-corrected chi connectivity index (χ4v) is 1.82. The lowest BCUT2D eigenvalue weighted by molar-refractivity contribution is -0.119. The summed E-state index contributed by atoms with van der Waals surface area (Å²) >= 11 is 0. The van der Waals surface area contributed by atoms with Gasteiger partial charge in [-0.05, 0) is 11.8 Å². The number of nitrogens with one attached hydrogen (secondary N) is 2. The quantitative estimate of drug-likeness (QED) is 0.628. The Labute approximate surface area is 73.9 Å². The maximum absolute atomic E-state index is 10.8. The lowest BCUT2D eigenvalue weighted by Gasteiger charge is -2.22. The standard InChI is InChI=1S/C9H18N2O/c1-6(2)8-4-10-5-9(8)11-7(3)12/h6,8-10H,4-5H2,1-3H3,(H,11,12)/t8-,9+/m0/s1. The first-order chi connectivity index (χ1) is 5.61. The zero-order valence-corrected chi connectivity index (χ0v) is 8.05. The van der Waals surface area contributed by atoms with E-state index in [1.54, 1.807) is 6.92 Å². The topological polar surface area (TPSA) is 41.1 Å². The van der Waals surface area contributed by atoms with Gasteiger partial charge >= 0.3 is 0 Å². The molecule has 1 aliphatic heterocycles. The number of hydrogen-bond acceptors (Lipinski definition) is 2. The van der Waals surface area contributed by atoms with E-state index in [0.717, 1.165) is 13.1 Å². The summed E-state index contributed by atoms with van der Waals surface area (Å²) < 4.78 is 0. The first-order valence-corrected chi connectivity index (χ1v) is 4.59. The van der Waals surface area contributed by atoms with Crippen molar-refractivity contribution in [1.82, 2.24) is 10.6 Å². The van der Waals surface area contributed by atoms with Gasteiger partial charge in [0.05, 0.1) is 0 Å². The zero-order chi connectivity index (χ0) is 9.14. The molecule has 1 rings (SSSR count). The van der Waals surface area contributed by atoms with Gasteiger partial charge in [0.25, 0.3) is 0 Å². The lowest BCUT2D eigenvalue weighted by atomic mass is 9.91. The van der Waals surface area contributed by atoms with E-state index in [1.165, 1.54) is 0 Å². The molecule has 3 nitrogen and oxygen atoms in total. The van der Waals surface area contributed by atoms with Crippen molar-refractivity contribution in [3.8, 4) is 0 Å². The lowest BCUT2D eigenvalue weighted by Crippen LogP contribution is -2.40. The minimum absolute atomic E-state index is 0.0781. The van der Waals surface area contributed by atoms with Crippen molar-refractivity contribution in [3.05, 3.63) is 0 Å². The summed E-state index contributed by atoms with van der Waals surface area (Å²) in [5, 5.41) is 6.27. The summed E-state index contributed by atoms with van der Waals surface area (Å²) in [6.45, 7) is 7.93. The first-order valence-electron chi connectivity index (χ1n) is 4.59. The van der Waals surface area contributed by atoms with Crippen LogP contribution in [0, 0.1) is 11.8 Å². The van der Waals surface area contributed by atoms with E-state index in [1.807, 2.05) is 0 Å². The van der Waals surface area contributed by atoms with Crippen LogP contribution < -0.4 is 10.6 Å². The molecule has 3 heteroatoms. The Morgan fingerprint density at radius 3 is 2.67 bits per heavy atom. The number of hydrogen-bond donors (Lipinski definition) is 2. The Kier molecular flexibility index (Phi) is 3.09. The second kappa shape index (κ2) is 3.90. The smallest absolute Gasteiger partial charge is 0.217 e. The average molecular weight is 170 g/mol. The molecule has 1 heterocycles. The summed E-state index contributed by atoms with van der Waals surface area (Å²) in [6.07, 6.45) is 0. The minimum atomic E-state index is 0.0781. The van der Waals surface area contributed by atoms with Crippen LogP contribution in [0.4, 0.5) is 0 Å². The van der Waals surface area contributed by atoms with Crippen LogP contribution in [-0.4, -0.2) is 25.0 Å². The first kappa shape index (κ1) is 9.52. The van der Waals surface area contributed by atoms with Crippen molar-refractivity contribution in [1.29, 1.82) is 0 Å². The highest BCUT2D eigenvalue weighted by molar-refractivity contribution is 5.73. The Morgan fingerprint density at radius 2 is 2.17 bits per heavy atom. The summed E-state index contributed by atoms with van der Waals surface area (Å²) in [6, 6.07) is 0.336. The van der Waals surface area contributed by atoms with Gasteiger partial charge in [-0.3, -0.25) is 4.79 Å². The van der Waals surface area contributed by atoms with Crippen LogP contribution in [0.25, 0.3) is 0 Å². The third kappa shape index (κ3) is 2.21. The Bertz CT molecular complexity index is 168. The molecule has 1 saturated heterocycles. The van der Waals surface area contributed by atoms with Gasteiger partial charge < -0.3 is 10.6 Å². The van der Waals surface area contributed by atoms with Crippen molar-refractivity contribution in [3.63, 3.8) is 0 Å². The molecule has 0 aromatic heterocycles. The van der Waals surface area contributed by atoms with Gasteiger partial charge in [0.1, 0.15) is 0 Å². The van der Waals surface area contributed by atoms with Crippen LogP contribution in [-0.2, 0) is 4.79 Å². The van der Waals surface area contributed by atoms with E-state index in [9.17, 15) is 4.79 Å². The predicted octanol–water partition coefficient (Wildman–Crippen LogP) is 0.366. The van der Waals surface area contributed by atoms with Crippen molar-refractivity contribution in [2.24, 2.45) is 11.8 Å². The van der Waals surface area contributed by atoms with Crippen LogP contribution in [0.3, 0.4) is 0 Å². The van der Waals surface area contributed by atoms with Crippen LogP contribution in [0.5, 0.6) is 0 Å². The zero-order valence-electron chi connectivity index (χ0n) is 8.05. The third-order valence-corrected chi connectivity index (χ3v) is 2.51. The van der Waals surface area contributed by atoms with E-state index in [0.29, 0.717) is 17.9 Å². The highest BCUT2D eigenvalue weighted by Gasteiger charge is 2.29. The molecule has 2 N–H and O–H groups in total. The van der Waals surface area contributed by atoms with Gasteiger partial charge in [0, 0.05) is 26.1 Å². The maximum Gasteiger partial charge on any atom is 0.217 e. The molecule has 0 aromatic carbocycles. The number of carbonyl (C=O) groups excluding carboxylic acids is 1. The van der Waals surface area contributed by atoms with Gasteiger partial charge in [-0.25, -0.2) is 0 Å². The summed E-state index contributed by atoms with van der Waals surface area (Å²) in [7, 11) is 0. The highest BCUT2D eigenvalue weighted by atomic mass is 16.1. The Hall–Kier alpha value is -0.570. The van der Waals surface area contributed by atoms with Crippen molar-refractivity contribution in [2.45, 2.75) is 26.8 Å². The van der Waals surface area contributed by atoms with Gasteiger partial charge in [-0.2, -0.15) is 0 Å². The fraction of sp³-hybridized carbons (Fsp3) is 0.889. The van der Waals surface area contributed by atoms with Crippen molar-refractivity contribution in [2.75, 3.05) is 13.1 Å². The summed E-state index contributed by atoms with van der Waals surface area (Å²) in [5.74, 6) is 1.31. The van der Waals surface area contributed by atoms with Crippen LogP contribution in [0.2, 0.25) is 0 Å². The van der Waals surface area contributed by atoms with Gasteiger partial charge in [0.15, 0.2) is 0 Å². The van der Waals surface area contributed by atoms with Crippen LogP contribution in [0.15, 0.2) is 0 Å². The molecular weight excluding hydrogens is 152 g/mol. The van der Waals surface area contributed by atoms with E-state index < -0.39 is 0 Å². The molecular formula is C9H18N2O. The molecule has 0 unspecified atom stereocenters. The largest absolute Gasteiger partial charge is 0.352 e. The molecule has 0 spiro atoms. The second-order valence-corrected chi connectivity index (χ2v) is 3.87. The monoisotopic (exact) mass is 170 g/mol. The SMILES string of the molecule is CC(=O)N[C@@H]1CNC[C@H]1C(C)C. The average Bonchev–Trinajstić information content (AvgIpc) is 2.33. The number of carbonyl (C=O) groups is 1. The van der Waals surface area contributed by atoms with Crippen LogP contribution >= 0.6 is 0 Å². The summed E-state index contributed by atoms with van der Waals surface area (Å²) in [4.78, 5) is 10.8. The third-order valence-electron chi connectivity index (χ3n) is 2.51. The minimum Gasteiger partial charge on any atom is -0.352 e. The molecule has 0 saturated carbocycles. The van der Waals surface area contributed by atoms with Gasteiger partial charge in [0.2, 0.25) is 5.91 Å². The molecule has 12 heavy (non-hydrogen) atoms. The van der Waals surface area contributed by atoms with E-state index in [4.69, 9.17) is 0 Å². The van der Waals surface area contributed by atoms with E-state index in [2.05, 4.69) is 24.5 Å². The van der Waals surface area contributed by atoms with Gasteiger partial charge in [-0.1, -0.05) is 13.8 Å². The molecule has 1 fully saturated rings. The molecule has 0 radical (unpaired) electrons. The van der Waals surface area contributed by atoms with Crippen molar-refractivity contribution < 1.29 is 4.79 Å². The van der Waals surface area contributed by atoms with Crippen molar-refractivity contribution >= 4 is 5.91 Å². The van der Waals surface area contributed by atoms with Crippen LogP contribution in [0.1, 0.15) is 20.8 Å². The highest BCUT2D eigenvalue weighted by Crippen LogP contribution is 2.18. The predicted molar refractivity (Wildman–Crippen MR) is 48.8 cm³/mol. The fourth-order valence-electron chi connectivity index (χ4n) is 1.82. The molecule has 0 bridgehead atoms. The van der Waals surface area contributed by atoms with Gasteiger partial charge in [-0.15, -0.1) is 0 Å². The van der Waals surface area contributed by atoms with E-state index >= 15 is 0 Å².